The molecule has 0 spiro atoms. The van der Waals surface area contributed by atoms with E-state index in [0.717, 1.165) is 11.3 Å². The van der Waals surface area contributed by atoms with E-state index >= 15 is 0 Å². The van der Waals surface area contributed by atoms with Crippen molar-refractivity contribution in [2.24, 2.45) is 0 Å². The maximum Gasteiger partial charge on any atom is 0.342 e. The van der Waals surface area contributed by atoms with Gasteiger partial charge in [0.1, 0.15) is 0 Å². The molecular weight excluding hydrogens is 218 g/mol. The molecule has 1 heterocycles. The molecule has 1 fully saturated rings. The number of rotatable bonds is 2. The maximum absolute atomic E-state index is 11.2. The second-order valence-electron chi connectivity index (χ2n) is 4.09. The first-order valence-electron chi connectivity index (χ1n) is 5.29. The van der Waals surface area contributed by atoms with Crippen molar-refractivity contribution in [1.82, 2.24) is 0 Å². The number of anilines is 1. The van der Waals surface area contributed by atoms with E-state index in [4.69, 9.17) is 0 Å². The van der Waals surface area contributed by atoms with Crippen LogP contribution in [0.2, 0.25) is 0 Å². The fourth-order valence-corrected chi connectivity index (χ4v) is 1.61. The van der Waals surface area contributed by atoms with Crippen molar-refractivity contribution in [3.8, 4) is 0 Å². The summed E-state index contributed by atoms with van der Waals surface area (Å²) in [5, 5.41) is 0. The minimum atomic E-state index is -0.535. The Morgan fingerprint density at radius 1 is 1.18 bits per heavy atom. The molecule has 0 radical (unpaired) electrons. The van der Waals surface area contributed by atoms with E-state index in [9.17, 15) is 9.59 Å². The molecule has 0 bridgehead atoms. The Kier molecular flexibility index (Phi) is 2.95. The van der Waals surface area contributed by atoms with E-state index in [0.29, 0.717) is 5.57 Å². The lowest BCUT2D eigenvalue weighted by Gasteiger charge is -2.11. The number of carbonyl (C=O) groups is 2. The molecule has 4 nitrogen and oxygen atoms in total. The number of carbonyl (C=O) groups excluding carboxylic acids is 2. The van der Waals surface area contributed by atoms with Gasteiger partial charge < -0.3 is 9.64 Å². The number of hydrogen-bond acceptors (Lipinski definition) is 4. The standard InChI is InChI=1S/C13H13NO3/c1-14(2)11-5-3-9(4-6-11)7-10-8-12(15)17-13(10)16/h3-7H,8H2,1-2H3/b10-7+. The Labute approximate surface area is 99.5 Å². The average molecular weight is 231 g/mol. The van der Waals surface area contributed by atoms with Crippen LogP contribution in [0, 0.1) is 0 Å². The van der Waals surface area contributed by atoms with Gasteiger partial charge in [-0.1, -0.05) is 12.1 Å². The smallest absolute Gasteiger partial charge is 0.342 e. The second kappa shape index (κ2) is 4.41. The number of hydrogen-bond donors (Lipinski definition) is 0. The lowest BCUT2D eigenvalue weighted by molar-refractivity contribution is -0.151. The molecule has 0 aliphatic carbocycles. The molecule has 1 aromatic carbocycles. The van der Waals surface area contributed by atoms with Gasteiger partial charge in [-0.05, 0) is 23.8 Å². The third kappa shape index (κ3) is 2.53. The molecule has 0 aromatic heterocycles. The molecule has 17 heavy (non-hydrogen) atoms. The molecule has 1 aromatic rings. The van der Waals surface area contributed by atoms with Crippen LogP contribution in [0.4, 0.5) is 5.69 Å². The van der Waals surface area contributed by atoms with Crippen LogP contribution in [0.1, 0.15) is 12.0 Å². The van der Waals surface area contributed by atoms with Gasteiger partial charge in [-0.25, -0.2) is 4.79 Å². The van der Waals surface area contributed by atoms with E-state index in [2.05, 4.69) is 4.74 Å². The highest BCUT2D eigenvalue weighted by molar-refractivity contribution is 6.08. The summed E-state index contributed by atoms with van der Waals surface area (Å²) in [6.07, 6.45) is 1.75. The molecule has 1 aliphatic rings. The third-order valence-corrected chi connectivity index (χ3v) is 2.55. The van der Waals surface area contributed by atoms with Gasteiger partial charge in [0.15, 0.2) is 0 Å². The average Bonchev–Trinajstić information content (AvgIpc) is 2.58. The van der Waals surface area contributed by atoms with E-state index in [1.54, 1.807) is 6.08 Å². The Hall–Kier alpha value is -2.10. The predicted molar refractivity (Wildman–Crippen MR) is 64.5 cm³/mol. The first-order chi connectivity index (χ1) is 8.06. The van der Waals surface area contributed by atoms with Gasteiger partial charge in [0.05, 0.1) is 6.42 Å². The number of benzene rings is 1. The van der Waals surface area contributed by atoms with Gasteiger partial charge in [-0.3, -0.25) is 4.79 Å². The summed E-state index contributed by atoms with van der Waals surface area (Å²) in [6.45, 7) is 0. The first kappa shape index (κ1) is 11.4. The van der Waals surface area contributed by atoms with Crippen molar-refractivity contribution >= 4 is 23.7 Å². The summed E-state index contributed by atoms with van der Waals surface area (Å²) >= 11 is 0. The third-order valence-electron chi connectivity index (χ3n) is 2.55. The first-order valence-corrected chi connectivity index (χ1v) is 5.29. The summed E-state index contributed by atoms with van der Waals surface area (Å²) in [4.78, 5) is 24.1. The molecule has 0 amide bonds. The van der Waals surface area contributed by atoms with Crippen LogP contribution in [-0.4, -0.2) is 26.0 Å². The summed E-state index contributed by atoms with van der Waals surface area (Å²) in [6, 6.07) is 7.71. The largest absolute Gasteiger partial charge is 0.389 e. The topological polar surface area (TPSA) is 46.6 Å². The number of ether oxygens (including phenoxy) is 1. The molecule has 1 aliphatic heterocycles. The lowest BCUT2D eigenvalue weighted by Crippen LogP contribution is -2.07. The molecule has 0 atom stereocenters. The van der Waals surface area contributed by atoms with Crippen molar-refractivity contribution in [2.75, 3.05) is 19.0 Å². The van der Waals surface area contributed by atoms with E-state index in [-0.39, 0.29) is 6.42 Å². The highest BCUT2D eigenvalue weighted by Gasteiger charge is 2.26. The van der Waals surface area contributed by atoms with Crippen molar-refractivity contribution in [2.45, 2.75) is 6.42 Å². The molecule has 0 N–H and O–H groups in total. The molecule has 88 valence electrons. The van der Waals surface area contributed by atoms with Crippen molar-refractivity contribution in [3.63, 3.8) is 0 Å². The zero-order valence-corrected chi connectivity index (χ0v) is 9.77. The zero-order valence-electron chi connectivity index (χ0n) is 9.77. The van der Waals surface area contributed by atoms with Crippen LogP contribution in [-0.2, 0) is 14.3 Å². The van der Waals surface area contributed by atoms with Crippen LogP contribution >= 0.6 is 0 Å². The van der Waals surface area contributed by atoms with Crippen LogP contribution in [0.25, 0.3) is 6.08 Å². The molecule has 1 saturated heterocycles. The molecule has 4 heteroatoms. The highest BCUT2D eigenvalue weighted by Crippen LogP contribution is 2.20. The monoisotopic (exact) mass is 231 g/mol. The summed E-state index contributed by atoms with van der Waals surface area (Å²) < 4.78 is 4.45. The Bertz CT molecular complexity index is 486. The van der Waals surface area contributed by atoms with Crippen LogP contribution in [0.5, 0.6) is 0 Å². The quantitative estimate of drug-likeness (QED) is 0.440. The van der Waals surface area contributed by atoms with Crippen LogP contribution < -0.4 is 4.90 Å². The van der Waals surface area contributed by atoms with Crippen LogP contribution in [0.15, 0.2) is 29.8 Å². The second-order valence-corrected chi connectivity index (χ2v) is 4.09. The van der Waals surface area contributed by atoms with Crippen molar-refractivity contribution < 1.29 is 14.3 Å². The SMILES string of the molecule is CN(C)c1ccc(/C=C2\CC(=O)OC2=O)cc1. The summed E-state index contributed by atoms with van der Waals surface area (Å²) in [5.41, 5.74) is 2.38. The minimum absolute atomic E-state index is 0.0638. The van der Waals surface area contributed by atoms with Gasteiger partial charge >= 0.3 is 11.9 Å². The Balaban J connectivity index is 2.21. The van der Waals surface area contributed by atoms with Gasteiger partial charge in [0, 0.05) is 25.4 Å². The van der Waals surface area contributed by atoms with Crippen LogP contribution in [0.3, 0.4) is 0 Å². The maximum atomic E-state index is 11.2. The highest BCUT2D eigenvalue weighted by atomic mass is 16.6. The Morgan fingerprint density at radius 2 is 1.82 bits per heavy atom. The molecule has 2 rings (SSSR count). The number of esters is 2. The van der Waals surface area contributed by atoms with E-state index < -0.39 is 11.9 Å². The van der Waals surface area contributed by atoms with Gasteiger partial charge in [-0.2, -0.15) is 0 Å². The fourth-order valence-electron chi connectivity index (χ4n) is 1.61. The zero-order chi connectivity index (χ0) is 12.4. The number of cyclic esters (lactones) is 2. The predicted octanol–water partition coefficient (Wildman–Crippen LogP) is 1.61. The minimum Gasteiger partial charge on any atom is -0.389 e. The Morgan fingerprint density at radius 3 is 2.29 bits per heavy atom. The fraction of sp³-hybridized carbons (Fsp3) is 0.231. The van der Waals surface area contributed by atoms with E-state index in [1.807, 2.05) is 43.3 Å². The number of nitrogens with zero attached hydrogens (tertiary/aromatic N) is 1. The summed E-state index contributed by atoms with van der Waals surface area (Å²) in [5.74, 6) is -1.02. The molecule has 0 unspecified atom stereocenters. The van der Waals surface area contributed by atoms with Gasteiger partial charge in [0.2, 0.25) is 0 Å². The molecular formula is C13H13NO3. The lowest BCUT2D eigenvalue weighted by atomic mass is 10.1. The summed E-state index contributed by atoms with van der Waals surface area (Å²) in [7, 11) is 3.92. The van der Waals surface area contributed by atoms with Crippen molar-refractivity contribution in [3.05, 3.63) is 35.4 Å². The van der Waals surface area contributed by atoms with Gasteiger partial charge in [-0.15, -0.1) is 0 Å². The normalized spacial score (nSPS) is 17.4. The van der Waals surface area contributed by atoms with E-state index in [1.165, 1.54) is 0 Å². The molecule has 0 saturated carbocycles. The van der Waals surface area contributed by atoms with Gasteiger partial charge in [0.25, 0.3) is 0 Å². The van der Waals surface area contributed by atoms with Crippen molar-refractivity contribution in [1.29, 1.82) is 0 Å².